The van der Waals surface area contributed by atoms with Crippen molar-refractivity contribution in [2.45, 2.75) is 5.40 Å². The summed E-state index contributed by atoms with van der Waals surface area (Å²) in [6.07, 6.45) is -2.03. The maximum absolute atomic E-state index is 10.2. The Morgan fingerprint density at radius 3 is 1.14 bits per heavy atom. The second kappa shape index (κ2) is 4.14. The number of rotatable bonds is 4. The first-order valence-corrected chi connectivity index (χ1v) is 7.84. The van der Waals surface area contributed by atoms with Gasteiger partial charge in [0.15, 0.2) is 0 Å². The van der Waals surface area contributed by atoms with Gasteiger partial charge in [-0.15, -0.1) is 0 Å². The van der Waals surface area contributed by atoms with Gasteiger partial charge in [0.25, 0.3) is 0 Å². The minimum Gasteiger partial charge on any atom is -0.811 e. The van der Waals surface area contributed by atoms with Crippen molar-refractivity contribution in [1.29, 1.82) is 0 Å². The summed E-state index contributed by atoms with van der Waals surface area (Å²) in [7, 11) is -17.5. The van der Waals surface area contributed by atoms with Gasteiger partial charge in [-0.3, -0.25) is 0 Å². The molecule has 0 aliphatic carbocycles. The lowest BCUT2D eigenvalue weighted by atomic mass is 10.9. The highest BCUT2D eigenvalue weighted by Crippen LogP contribution is 2.53. The van der Waals surface area contributed by atoms with E-state index < -0.39 is 34.3 Å². The van der Waals surface area contributed by atoms with Crippen molar-refractivity contribution in [2.24, 2.45) is 0 Å². The van der Waals surface area contributed by atoms with Crippen LogP contribution in [0.4, 0.5) is 0 Å². The Hall–Kier alpha value is 0.450. The van der Waals surface area contributed by atoms with Crippen molar-refractivity contribution in [3.05, 3.63) is 0 Å². The molecule has 0 aromatic carbocycles. The van der Waals surface area contributed by atoms with Gasteiger partial charge in [-0.25, -0.2) is 0 Å². The molecule has 0 N–H and O–H groups in total. The Labute approximate surface area is 78.3 Å². The number of hydrogen-bond donors (Lipinski definition) is 0. The van der Waals surface area contributed by atoms with Crippen LogP contribution in [0.2, 0.25) is 0 Å². The summed E-state index contributed by atoms with van der Waals surface area (Å²) in [5.41, 5.74) is 0. The molecule has 0 aromatic rings. The lowest BCUT2D eigenvalue weighted by Gasteiger charge is -2.52. The molecule has 12 heteroatoms. The zero-order chi connectivity index (χ0) is 11.8. The molecule has 0 unspecified atom stereocenters. The third kappa shape index (κ3) is 5.36. The molecule has 0 heterocycles. The summed E-state index contributed by atoms with van der Waals surface area (Å²) in [6, 6.07) is 0. The van der Waals surface area contributed by atoms with Crippen LogP contribution in [0.25, 0.3) is 0 Å². The molecule has 0 atom stereocenters. The highest BCUT2D eigenvalue weighted by molar-refractivity contribution is 7.69. The van der Waals surface area contributed by atoms with E-state index in [0.29, 0.717) is 0 Å². The van der Waals surface area contributed by atoms with Crippen LogP contribution in [0.15, 0.2) is 0 Å². The second-order valence-electron chi connectivity index (χ2n) is 2.35. The standard InChI is InChI=1S/C2H9O9P3/c3-12(4,5)1-2(13(6,7)8)14(9,10)11/h2H,1H2,(H2,3,4,5)(H2,6,7,8)(H2,9,10,11)/p-6. The van der Waals surface area contributed by atoms with Crippen LogP contribution in [-0.4, -0.2) is 11.6 Å². The van der Waals surface area contributed by atoms with Crippen molar-refractivity contribution >= 4 is 22.8 Å². The molecule has 0 saturated carbocycles. The third-order valence-electron chi connectivity index (χ3n) is 1.12. The molecule has 0 aromatic heterocycles. The molecule has 14 heavy (non-hydrogen) atoms. The number of hydrogen-bond acceptors (Lipinski definition) is 9. The van der Waals surface area contributed by atoms with Gasteiger partial charge in [0.2, 0.25) is 0 Å². The van der Waals surface area contributed by atoms with Crippen LogP contribution in [0.3, 0.4) is 0 Å². The molecule has 0 rings (SSSR count). The molecule has 0 amide bonds. The second-order valence-corrected chi connectivity index (χ2v) is 7.75. The van der Waals surface area contributed by atoms with Crippen LogP contribution in [-0.2, 0) is 13.7 Å². The molecule has 0 fully saturated rings. The Balaban J connectivity index is 5.08. The van der Waals surface area contributed by atoms with Crippen molar-refractivity contribution < 1.29 is 43.1 Å². The first-order chi connectivity index (χ1) is 5.84. The molecular formula is C2H3O9P3-6. The zero-order valence-corrected chi connectivity index (χ0v) is 8.98. The van der Waals surface area contributed by atoms with Crippen LogP contribution in [0, 0.1) is 0 Å². The molecule has 86 valence electrons. The molecular weight excluding hydrogens is 261 g/mol. The average molecular weight is 264 g/mol. The Kier molecular flexibility index (Phi) is 4.27. The smallest absolute Gasteiger partial charge is 0.0190 e. The Bertz CT molecular complexity index is 306. The van der Waals surface area contributed by atoms with E-state index >= 15 is 0 Å². The monoisotopic (exact) mass is 264 g/mol. The average Bonchev–Trinajstić information content (AvgIpc) is 1.75. The van der Waals surface area contributed by atoms with Gasteiger partial charge >= 0.3 is 0 Å². The van der Waals surface area contributed by atoms with Crippen molar-refractivity contribution in [2.75, 3.05) is 6.16 Å². The topological polar surface area (TPSA) is 190 Å². The maximum Gasteiger partial charge on any atom is 0.0190 e. The van der Waals surface area contributed by atoms with Crippen LogP contribution in [0.1, 0.15) is 0 Å². The maximum atomic E-state index is 10.2. The van der Waals surface area contributed by atoms with Crippen molar-refractivity contribution in [3.63, 3.8) is 0 Å². The summed E-state index contributed by atoms with van der Waals surface area (Å²) in [5, 5.41) is -3.23. The fraction of sp³-hybridized carbons (Fsp3) is 1.00. The highest BCUT2D eigenvalue weighted by Gasteiger charge is 2.18. The van der Waals surface area contributed by atoms with Gasteiger partial charge in [-0.2, -0.15) is 0 Å². The molecule has 0 aliphatic heterocycles. The highest BCUT2D eigenvalue weighted by atomic mass is 31.2. The minimum absolute atomic E-state index is 2.03. The first kappa shape index (κ1) is 14.5. The fourth-order valence-electron chi connectivity index (χ4n) is 0.573. The molecule has 0 spiro atoms. The van der Waals surface area contributed by atoms with E-state index in [9.17, 15) is 43.1 Å². The van der Waals surface area contributed by atoms with Crippen LogP contribution >= 0.6 is 22.8 Å². The fourth-order valence-corrected chi connectivity index (χ4v) is 5.16. The summed E-state index contributed by atoms with van der Waals surface area (Å²) >= 11 is 0. The molecule has 0 bridgehead atoms. The summed E-state index contributed by atoms with van der Waals surface area (Å²) in [5.74, 6) is 0. The van der Waals surface area contributed by atoms with E-state index in [0.717, 1.165) is 0 Å². The molecule has 0 saturated heterocycles. The normalized spacial score (nSPS) is 14.8. The predicted molar refractivity (Wildman–Crippen MR) is 31.5 cm³/mol. The van der Waals surface area contributed by atoms with Crippen LogP contribution < -0.4 is 29.4 Å². The zero-order valence-electron chi connectivity index (χ0n) is 6.30. The van der Waals surface area contributed by atoms with Gasteiger partial charge in [-0.05, 0) is 6.16 Å². The van der Waals surface area contributed by atoms with E-state index in [4.69, 9.17) is 0 Å². The lowest BCUT2D eigenvalue weighted by molar-refractivity contribution is -0.334. The van der Waals surface area contributed by atoms with E-state index in [2.05, 4.69) is 0 Å². The SMILES string of the molecule is O=P([O-])([O-])CC(P(=O)([O-])[O-])P(=O)([O-])[O-]. The summed E-state index contributed by atoms with van der Waals surface area (Å²) in [6.45, 7) is 0. The van der Waals surface area contributed by atoms with E-state index in [-0.39, 0.29) is 0 Å². The predicted octanol–water partition coefficient (Wildman–Crippen LogP) is -4.95. The van der Waals surface area contributed by atoms with E-state index in [1.807, 2.05) is 0 Å². The minimum atomic E-state index is -5.95. The largest absolute Gasteiger partial charge is 0.811 e. The van der Waals surface area contributed by atoms with Crippen molar-refractivity contribution in [3.8, 4) is 0 Å². The Morgan fingerprint density at radius 2 is 1.07 bits per heavy atom. The Morgan fingerprint density at radius 1 is 0.786 bits per heavy atom. The summed E-state index contributed by atoms with van der Waals surface area (Å²) in [4.78, 5) is 60.6. The van der Waals surface area contributed by atoms with Gasteiger partial charge in [0.1, 0.15) is 0 Å². The quantitative estimate of drug-likeness (QED) is 0.447. The van der Waals surface area contributed by atoms with E-state index in [1.54, 1.807) is 0 Å². The third-order valence-corrected chi connectivity index (χ3v) is 6.03. The van der Waals surface area contributed by atoms with Gasteiger partial charge < -0.3 is 43.1 Å². The molecule has 9 nitrogen and oxygen atoms in total. The molecule has 0 aliphatic rings. The van der Waals surface area contributed by atoms with Gasteiger partial charge in [-0.1, -0.05) is 22.8 Å². The lowest BCUT2D eigenvalue weighted by Crippen LogP contribution is -2.38. The summed E-state index contributed by atoms with van der Waals surface area (Å²) < 4.78 is 30.3. The molecule has 0 radical (unpaired) electrons. The first-order valence-electron chi connectivity index (χ1n) is 2.88. The van der Waals surface area contributed by atoms with Crippen molar-refractivity contribution in [1.82, 2.24) is 0 Å². The van der Waals surface area contributed by atoms with Gasteiger partial charge in [0, 0.05) is 5.40 Å². The van der Waals surface area contributed by atoms with Gasteiger partial charge in [0.05, 0.1) is 0 Å². The van der Waals surface area contributed by atoms with Crippen LogP contribution in [0.5, 0.6) is 0 Å². The van der Waals surface area contributed by atoms with E-state index in [1.165, 1.54) is 0 Å².